The zero-order valence-electron chi connectivity index (χ0n) is 18.3. The van der Waals surface area contributed by atoms with E-state index in [9.17, 15) is 30.0 Å². The summed E-state index contributed by atoms with van der Waals surface area (Å²) in [5, 5.41) is 41.1. The minimum Gasteiger partial charge on any atom is -0.545 e. The maximum Gasteiger partial charge on any atom is 2.00 e. The molecule has 164 valence electrons. The van der Waals surface area contributed by atoms with Gasteiger partial charge in [0.15, 0.2) is 0 Å². The first kappa shape index (κ1) is 29.6. The zero-order chi connectivity index (χ0) is 22.5. The van der Waals surface area contributed by atoms with E-state index in [1.165, 1.54) is 12.1 Å². The molecule has 0 aromatic heterocycles. The molecule has 2 unspecified atom stereocenters. The largest absolute Gasteiger partial charge is 2.00 e. The van der Waals surface area contributed by atoms with E-state index in [4.69, 9.17) is 0 Å². The first-order chi connectivity index (χ1) is 14.3. The Hall–Kier alpha value is -1.44. The molecule has 2 aromatic rings. The number of rotatable bonds is 10. The second kappa shape index (κ2) is 16.2. The molecule has 7 heteroatoms. The second-order valence-corrected chi connectivity index (χ2v) is 7.07. The van der Waals surface area contributed by atoms with Crippen molar-refractivity contribution in [1.29, 1.82) is 0 Å². The molecular formula is C24H30CaO6. The van der Waals surface area contributed by atoms with Crippen molar-refractivity contribution >= 4 is 49.7 Å². The molecule has 0 aliphatic heterocycles. The van der Waals surface area contributed by atoms with Gasteiger partial charge < -0.3 is 30.0 Å². The van der Waals surface area contributed by atoms with Crippen LogP contribution in [0.4, 0.5) is 0 Å². The monoisotopic (exact) mass is 454 g/mol. The van der Waals surface area contributed by atoms with Crippen LogP contribution < -0.4 is 10.2 Å². The third-order valence-corrected chi connectivity index (χ3v) is 4.74. The summed E-state index contributed by atoms with van der Waals surface area (Å²) in [4.78, 5) is 21.6. The number of aliphatic hydroxyl groups excluding tert-OH is 2. The molecule has 31 heavy (non-hydrogen) atoms. The summed E-state index contributed by atoms with van der Waals surface area (Å²) in [6.07, 6.45) is 3.46. The third-order valence-electron chi connectivity index (χ3n) is 4.74. The number of carboxylic acids is 2. The minimum absolute atomic E-state index is 0. The summed E-state index contributed by atoms with van der Waals surface area (Å²) >= 11 is 0. The molecule has 2 rings (SSSR count). The Labute approximate surface area is 213 Å². The Morgan fingerprint density at radius 1 is 0.742 bits per heavy atom. The molecule has 0 spiro atoms. The maximum atomic E-state index is 10.8. The van der Waals surface area contributed by atoms with Crippen molar-refractivity contribution in [2.45, 2.75) is 64.6 Å². The van der Waals surface area contributed by atoms with E-state index in [-0.39, 0.29) is 48.9 Å². The van der Waals surface area contributed by atoms with Crippen LogP contribution in [-0.2, 0) is 0 Å². The number of carbonyl (C=O) groups excluding carboxylic acids is 2. The van der Waals surface area contributed by atoms with Crippen LogP contribution >= 0.6 is 0 Å². The van der Waals surface area contributed by atoms with Crippen molar-refractivity contribution < 1.29 is 30.0 Å². The molecule has 0 heterocycles. The van der Waals surface area contributed by atoms with Gasteiger partial charge >= 0.3 is 37.7 Å². The molecule has 0 aliphatic rings. The predicted molar refractivity (Wildman–Crippen MR) is 116 cm³/mol. The van der Waals surface area contributed by atoms with Crippen LogP contribution in [0.15, 0.2) is 48.5 Å². The summed E-state index contributed by atoms with van der Waals surface area (Å²) in [6.45, 7) is 4.05. The number of unbranched alkanes of at least 4 members (excludes halogenated alkanes) is 2. The fourth-order valence-corrected chi connectivity index (χ4v) is 3.05. The molecule has 2 aromatic carbocycles. The van der Waals surface area contributed by atoms with E-state index >= 15 is 0 Å². The van der Waals surface area contributed by atoms with Crippen molar-refractivity contribution in [2.24, 2.45) is 0 Å². The van der Waals surface area contributed by atoms with Gasteiger partial charge in [-0.1, -0.05) is 88.1 Å². The Morgan fingerprint density at radius 2 is 1.06 bits per heavy atom. The smallest absolute Gasteiger partial charge is 0.545 e. The average molecular weight is 455 g/mol. The number of carboxylic acid groups (broad SMARTS) is 2. The molecule has 0 radical (unpaired) electrons. The number of hydrogen-bond acceptors (Lipinski definition) is 6. The third kappa shape index (κ3) is 10.1. The van der Waals surface area contributed by atoms with Crippen LogP contribution in [0.1, 0.15) is 96.4 Å². The van der Waals surface area contributed by atoms with Crippen LogP contribution in [0.3, 0.4) is 0 Å². The van der Waals surface area contributed by atoms with Gasteiger partial charge in [-0.3, -0.25) is 0 Å². The molecule has 6 nitrogen and oxygen atoms in total. The van der Waals surface area contributed by atoms with Gasteiger partial charge in [0.05, 0.1) is 24.1 Å². The SMILES string of the molecule is CCCCC(O)c1ccccc1C(=O)[O-].CCCCC(O)c1ccccc1C(=O)[O-].[Ca+2]. The van der Waals surface area contributed by atoms with E-state index in [0.29, 0.717) is 24.0 Å². The van der Waals surface area contributed by atoms with Gasteiger partial charge in [-0.15, -0.1) is 0 Å². The molecule has 0 saturated carbocycles. The summed E-state index contributed by atoms with van der Waals surface area (Å²) < 4.78 is 0. The standard InChI is InChI=1S/2C12H16O3.Ca/c2*1-2-3-8-11(13)9-6-4-5-7-10(9)12(14)15;/h2*4-7,11,13H,2-3,8H2,1H3,(H,14,15);/q;;+2/p-2. The van der Waals surface area contributed by atoms with Crippen molar-refractivity contribution in [3.05, 3.63) is 70.8 Å². The normalized spacial score (nSPS) is 12.0. The van der Waals surface area contributed by atoms with E-state index < -0.39 is 24.1 Å². The number of aromatic carboxylic acids is 2. The summed E-state index contributed by atoms with van der Waals surface area (Å²) in [5.41, 5.74) is 1.07. The molecular weight excluding hydrogens is 424 g/mol. The molecule has 0 fully saturated rings. The van der Waals surface area contributed by atoms with Crippen LogP contribution in [0, 0.1) is 0 Å². The van der Waals surface area contributed by atoms with Crippen molar-refractivity contribution in [3.8, 4) is 0 Å². The predicted octanol–water partition coefficient (Wildman–Crippen LogP) is 2.17. The van der Waals surface area contributed by atoms with Crippen LogP contribution in [0.25, 0.3) is 0 Å². The van der Waals surface area contributed by atoms with E-state index in [0.717, 1.165) is 25.7 Å². The molecule has 0 saturated heterocycles. The summed E-state index contributed by atoms with van der Waals surface area (Å²) in [6, 6.07) is 12.9. The van der Waals surface area contributed by atoms with Gasteiger partial charge in [0, 0.05) is 11.1 Å². The first-order valence-corrected chi connectivity index (χ1v) is 10.3. The Kier molecular flexibility index (Phi) is 15.5. The summed E-state index contributed by atoms with van der Waals surface area (Å²) in [5.74, 6) is -2.47. The number of benzene rings is 2. The van der Waals surface area contributed by atoms with Crippen molar-refractivity contribution in [1.82, 2.24) is 0 Å². The van der Waals surface area contributed by atoms with Crippen LogP contribution in [0.5, 0.6) is 0 Å². The quantitative estimate of drug-likeness (QED) is 0.531. The second-order valence-electron chi connectivity index (χ2n) is 7.07. The molecule has 2 atom stereocenters. The number of carbonyl (C=O) groups is 2. The number of aliphatic hydroxyl groups is 2. The Bertz CT molecular complexity index is 741. The minimum atomic E-state index is -1.24. The molecule has 0 bridgehead atoms. The van der Waals surface area contributed by atoms with Gasteiger partial charge in [-0.05, 0) is 24.0 Å². The fourth-order valence-electron chi connectivity index (χ4n) is 3.05. The molecule has 2 N–H and O–H groups in total. The average Bonchev–Trinajstić information content (AvgIpc) is 2.76. The maximum absolute atomic E-state index is 10.8. The van der Waals surface area contributed by atoms with E-state index in [2.05, 4.69) is 0 Å². The van der Waals surface area contributed by atoms with Gasteiger partial charge in [0.1, 0.15) is 0 Å². The Balaban J connectivity index is 0.000000562. The van der Waals surface area contributed by atoms with E-state index in [1.54, 1.807) is 36.4 Å². The van der Waals surface area contributed by atoms with Gasteiger partial charge in [-0.25, -0.2) is 0 Å². The zero-order valence-corrected chi connectivity index (χ0v) is 20.5. The van der Waals surface area contributed by atoms with Crippen molar-refractivity contribution in [2.75, 3.05) is 0 Å². The topological polar surface area (TPSA) is 121 Å². The first-order valence-electron chi connectivity index (χ1n) is 10.3. The van der Waals surface area contributed by atoms with Gasteiger partial charge in [0.25, 0.3) is 0 Å². The fraction of sp³-hybridized carbons (Fsp3) is 0.417. The van der Waals surface area contributed by atoms with Crippen LogP contribution in [0.2, 0.25) is 0 Å². The van der Waals surface area contributed by atoms with E-state index in [1.807, 2.05) is 13.8 Å². The van der Waals surface area contributed by atoms with Gasteiger partial charge in [0.2, 0.25) is 0 Å². The van der Waals surface area contributed by atoms with Crippen molar-refractivity contribution in [3.63, 3.8) is 0 Å². The molecule has 0 aliphatic carbocycles. The molecule has 0 amide bonds. The van der Waals surface area contributed by atoms with Gasteiger partial charge in [-0.2, -0.15) is 0 Å². The number of hydrogen-bond donors (Lipinski definition) is 2. The summed E-state index contributed by atoms with van der Waals surface area (Å²) in [7, 11) is 0. The van der Waals surface area contributed by atoms with Crippen LogP contribution in [-0.4, -0.2) is 59.9 Å². The Morgan fingerprint density at radius 3 is 1.35 bits per heavy atom.